The highest BCUT2D eigenvalue weighted by atomic mass is 35.5. The molecule has 1 heterocycles. The van der Waals surface area contributed by atoms with Gasteiger partial charge in [0.1, 0.15) is 0 Å². The van der Waals surface area contributed by atoms with Crippen molar-refractivity contribution in [3.63, 3.8) is 0 Å². The molecule has 5 nitrogen and oxygen atoms in total. The van der Waals surface area contributed by atoms with Gasteiger partial charge in [-0.1, -0.05) is 11.6 Å². The van der Waals surface area contributed by atoms with Gasteiger partial charge in [-0.2, -0.15) is 5.10 Å². The van der Waals surface area contributed by atoms with E-state index in [9.17, 15) is 8.42 Å². The summed E-state index contributed by atoms with van der Waals surface area (Å²) in [5.74, 6) is 0.122. The smallest absolute Gasteiger partial charge is 0.213 e. The average molecular weight is 252 g/mol. The lowest BCUT2D eigenvalue weighted by atomic mass is 10.5. The fourth-order valence-electron chi connectivity index (χ4n) is 1.05. The molecule has 0 saturated heterocycles. The number of nitrogens with zero attached hydrogens (tertiary/aromatic N) is 3. The number of halogens is 1. The molecule has 7 heteroatoms. The van der Waals surface area contributed by atoms with Gasteiger partial charge in [-0.25, -0.2) is 12.7 Å². The zero-order valence-electron chi connectivity index (χ0n) is 8.72. The van der Waals surface area contributed by atoms with Gasteiger partial charge in [0.15, 0.2) is 0 Å². The molecule has 0 bridgehead atoms. The van der Waals surface area contributed by atoms with Gasteiger partial charge in [-0.05, 0) is 6.42 Å². The van der Waals surface area contributed by atoms with E-state index in [1.54, 1.807) is 10.9 Å². The zero-order valence-corrected chi connectivity index (χ0v) is 10.3. The number of hydrogen-bond acceptors (Lipinski definition) is 3. The first-order valence-electron chi connectivity index (χ1n) is 4.50. The molecule has 0 radical (unpaired) electrons. The molecular weight excluding hydrogens is 238 g/mol. The highest BCUT2D eigenvalue weighted by Gasteiger charge is 2.12. The van der Waals surface area contributed by atoms with Crippen LogP contribution in [0.5, 0.6) is 0 Å². The van der Waals surface area contributed by atoms with E-state index in [0.29, 0.717) is 18.0 Å². The third kappa shape index (κ3) is 3.81. The van der Waals surface area contributed by atoms with E-state index in [1.165, 1.54) is 24.6 Å². The van der Waals surface area contributed by atoms with E-state index >= 15 is 0 Å². The summed E-state index contributed by atoms with van der Waals surface area (Å²) in [6.45, 7) is 0.555. The number of aryl methyl sites for hydroxylation is 1. The predicted molar refractivity (Wildman–Crippen MR) is 59.3 cm³/mol. The summed E-state index contributed by atoms with van der Waals surface area (Å²) >= 11 is 5.67. The van der Waals surface area contributed by atoms with Crippen LogP contribution in [0.1, 0.15) is 6.42 Å². The standard InChI is InChI=1S/C8H14ClN3O2S/c1-11(2)15(13,14)5-3-4-12-7-8(9)6-10-12/h6-7H,3-5H2,1-2H3. The fourth-order valence-corrected chi connectivity index (χ4v) is 2.07. The summed E-state index contributed by atoms with van der Waals surface area (Å²) in [6.07, 6.45) is 3.73. The maximum atomic E-state index is 11.4. The monoisotopic (exact) mass is 251 g/mol. The minimum atomic E-state index is -3.10. The SMILES string of the molecule is CN(C)S(=O)(=O)CCCn1cc(Cl)cn1. The van der Waals surface area contributed by atoms with Gasteiger partial charge in [0.05, 0.1) is 17.0 Å². The quantitative estimate of drug-likeness (QED) is 0.779. The van der Waals surface area contributed by atoms with Crippen LogP contribution >= 0.6 is 11.6 Å². The highest BCUT2D eigenvalue weighted by molar-refractivity contribution is 7.89. The molecule has 0 N–H and O–H groups in total. The molecule has 0 spiro atoms. The van der Waals surface area contributed by atoms with E-state index in [2.05, 4.69) is 5.10 Å². The summed E-state index contributed by atoms with van der Waals surface area (Å²) < 4.78 is 25.6. The van der Waals surface area contributed by atoms with Gasteiger partial charge < -0.3 is 0 Å². The highest BCUT2D eigenvalue weighted by Crippen LogP contribution is 2.06. The second-order valence-corrected chi connectivity index (χ2v) is 6.11. The molecule has 0 atom stereocenters. The van der Waals surface area contributed by atoms with Crippen molar-refractivity contribution in [3.05, 3.63) is 17.4 Å². The van der Waals surface area contributed by atoms with Crippen molar-refractivity contribution < 1.29 is 8.42 Å². The summed E-state index contributed by atoms with van der Waals surface area (Å²) in [7, 11) is -0.0465. The molecule has 0 unspecified atom stereocenters. The van der Waals surface area contributed by atoms with Gasteiger partial charge in [-0.3, -0.25) is 4.68 Å². The van der Waals surface area contributed by atoms with Crippen molar-refractivity contribution in [2.75, 3.05) is 19.8 Å². The Morgan fingerprint density at radius 2 is 2.20 bits per heavy atom. The Bertz CT molecular complexity index is 413. The van der Waals surface area contributed by atoms with E-state index in [0.717, 1.165) is 0 Å². The molecule has 0 saturated carbocycles. The summed E-state index contributed by atoms with van der Waals surface area (Å²) in [4.78, 5) is 0. The van der Waals surface area contributed by atoms with Gasteiger partial charge in [0, 0.05) is 26.8 Å². The van der Waals surface area contributed by atoms with Crippen LogP contribution in [0.15, 0.2) is 12.4 Å². The molecule has 1 aromatic heterocycles. The largest absolute Gasteiger partial charge is 0.271 e. The van der Waals surface area contributed by atoms with Gasteiger partial charge in [-0.15, -0.1) is 0 Å². The summed E-state index contributed by atoms with van der Waals surface area (Å²) in [5.41, 5.74) is 0. The fraction of sp³-hybridized carbons (Fsp3) is 0.625. The van der Waals surface area contributed by atoms with E-state index in [4.69, 9.17) is 11.6 Å². The molecule has 1 aromatic rings. The van der Waals surface area contributed by atoms with Crippen molar-refractivity contribution in [2.24, 2.45) is 0 Å². The number of aromatic nitrogens is 2. The number of hydrogen-bond donors (Lipinski definition) is 0. The molecule has 1 rings (SSSR count). The second kappa shape index (κ2) is 4.96. The summed E-state index contributed by atoms with van der Waals surface area (Å²) in [5, 5.41) is 4.52. The lowest BCUT2D eigenvalue weighted by Gasteiger charge is -2.10. The van der Waals surface area contributed by atoms with Gasteiger partial charge in [0.25, 0.3) is 0 Å². The van der Waals surface area contributed by atoms with Crippen LogP contribution in [0.4, 0.5) is 0 Å². The second-order valence-electron chi connectivity index (χ2n) is 3.37. The molecule has 0 aliphatic carbocycles. The zero-order chi connectivity index (χ0) is 11.5. The third-order valence-corrected chi connectivity index (χ3v) is 4.06. The molecule has 0 amide bonds. The Morgan fingerprint density at radius 3 is 2.67 bits per heavy atom. The Balaban J connectivity index is 2.40. The van der Waals surface area contributed by atoms with Crippen LogP contribution in [0.2, 0.25) is 5.02 Å². The van der Waals surface area contributed by atoms with Crippen molar-refractivity contribution in [3.8, 4) is 0 Å². The van der Waals surface area contributed by atoms with Crippen LogP contribution in [-0.4, -0.2) is 42.4 Å². The molecule has 0 aliphatic heterocycles. The first-order chi connectivity index (χ1) is 6.92. The third-order valence-electron chi connectivity index (χ3n) is 1.95. The van der Waals surface area contributed by atoms with Gasteiger partial charge >= 0.3 is 0 Å². The predicted octanol–water partition coefficient (Wildman–Crippen LogP) is 0.818. The van der Waals surface area contributed by atoms with Gasteiger partial charge in [0.2, 0.25) is 10.0 Å². The molecule has 0 fully saturated rings. The minimum Gasteiger partial charge on any atom is -0.271 e. The van der Waals surface area contributed by atoms with Crippen molar-refractivity contribution in [1.82, 2.24) is 14.1 Å². The van der Waals surface area contributed by atoms with Crippen LogP contribution in [0, 0.1) is 0 Å². The Kier molecular flexibility index (Phi) is 4.12. The van der Waals surface area contributed by atoms with E-state index < -0.39 is 10.0 Å². The van der Waals surface area contributed by atoms with Crippen LogP contribution < -0.4 is 0 Å². The lowest BCUT2D eigenvalue weighted by Crippen LogP contribution is -2.25. The maximum Gasteiger partial charge on any atom is 0.213 e. The number of sulfonamides is 1. The van der Waals surface area contributed by atoms with E-state index in [-0.39, 0.29) is 5.75 Å². The molecular formula is C8H14ClN3O2S. The van der Waals surface area contributed by atoms with Crippen LogP contribution in [0.3, 0.4) is 0 Å². The molecule has 0 aromatic carbocycles. The molecule has 86 valence electrons. The average Bonchev–Trinajstić information content (AvgIpc) is 2.51. The van der Waals surface area contributed by atoms with Crippen LogP contribution in [0.25, 0.3) is 0 Å². The van der Waals surface area contributed by atoms with Crippen molar-refractivity contribution in [1.29, 1.82) is 0 Å². The lowest BCUT2D eigenvalue weighted by molar-refractivity contribution is 0.511. The molecule has 0 aliphatic rings. The Labute approximate surface area is 94.7 Å². The molecule has 15 heavy (non-hydrogen) atoms. The van der Waals surface area contributed by atoms with Crippen LogP contribution in [-0.2, 0) is 16.6 Å². The van der Waals surface area contributed by atoms with Crippen molar-refractivity contribution >= 4 is 21.6 Å². The Hall–Kier alpha value is -0.590. The summed E-state index contributed by atoms with van der Waals surface area (Å²) in [6, 6.07) is 0. The van der Waals surface area contributed by atoms with Crippen molar-refractivity contribution in [2.45, 2.75) is 13.0 Å². The topological polar surface area (TPSA) is 55.2 Å². The minimum absolute atomic E-state index is 0.122. The first-order valence-corrected chi connectivity index (χ1v) is 6.49. The normalized spacial score (nSPS) is 12.3. The Morgan fingerprint density at radius 1 is 1.53 bits per heavy atom. The van der Waals surface area contributed by atoms with E-state index in [1.807, 2.05) is 0 Å². The maximum absolute atomic E-state index is 11.4. The first kappa shape index (κ1) is 12.5. The number of rotatable bonds is 5.